The average Bonchev–Trinajstić information content (AvgIpc) is 2.94. The van der Waals surface area contributed by atoms with Crippen LogP contribution in [0.3, 0.4) is 0 Å². The minimum atomic E-state index is 0.480. The van der Waals surface area contributed by atoms with Gasteiger partial charge in [-0.2, -0.15) is 0 Å². The number of benzene rings is 1. The third-order valence-corrected chi connectivity index (χ3v) is 4.96. The van der Waals surface area contributed by atoms with Crippen molar-refractivity contribution >= 4 is 10.9 Å². The van der Waals surface area contributed by atoms with Gasteiger partial charge in [0.05, 0.1) is 5.52 Å². The maximum atomic E-state index is 4.52. The monoisotopic (exact) mass is 282 g/mol. The molecule has 0 spiro atoms. The Bertz CT molecular complexity index is 593. The highest BCUT2D eigenvalue weighted by molar-refractivity contribution is 5.79. The molecule has 21 heavy (non-hydrogen) atoms. The second-order valence-corrected chi connectivity index (χ2v) is 6.46. The molecule has 0 saturated heterocycles. The molecule has 0 bridgehead atoms. The number of aromatic nitrogens is 1. The molecule has 3 rings (SSSR count). The van der Waals surface area contributed by atoms with Crippen LogP contribution in [0.1, 0.15) is 51.1 Å². The summed E-state index contributed by atoms with van der Waals surface area (Å²) in [6.45, 7) is 5.75. The molecule has 1 aromatic carbocycles. The van der Waals surface area contributed by atoms with E-state index < -0.39 is 0 Å². The van der Waals surface area contributed by atoms with Crippen LogP contribution in [0.4, 0.5) is 0 Å². The SMILES string of the molecule is CCCNC(c1ccc2cccnc2c1)C1CCCC1C. The molecule has 0 amide bonds. The van der Waals surface area contributed by atoms with Crippen LogP contribution in [0.15, 0.2) is 36.5 Å². The van der Waals surface area contributed by atoms with Crippen LogP contribution in [0.5, 0.6) is 0 Å². The minimum absolute atomic E-state index is 0.480. The van der Waals surface area contributed by atoms with E-state index in [0.717, 1.165) is 23.9 Å². The average molecular weight is 282 g/mol. The number of nitrogens with one attached hydrogen (secondary N) is 1. The molecule has 1 aliphatic carbocycles. The van der Waals surface area contributed by atoms with Crippen LogP contribution in [-0.4, -0.2) is 11.5 Å². The van der Waals surface area contributed by atoms with Gasteiger partial charge < -0.3 is 5.32 Å². The summed E-state index contributed by atoms with van der Waals surface area (Å²) in [6.07, 6.45) is 7.17. The molecular formula is C19H26N2. The predicted octanol–water partition coefficient (Wildman–Crippen LogP) is 4.71. The van der Waals surface area contributed by atoms with Crippen molar-refractivity contribution in [1.29, 1.82) is 0 Å². The first-order chi connectivity index (χ1) is 10.3. The zero-order valence-corrected chi connectivity index (χ0v) is 13.2. The van der Waals surface area contributed by atoms with E-state index >= 15 is 0 Å². The molecule has 2 aromatic rings. The second kappa shape index (κ2) is 6.57. The van der Waals surface area contributed by atoms with Crippen molar-refractivity contribution in [1.82, 2.24) is 10.3 Å². The number of fused-ring (bicyclic) bond motifs is 1. The molecule has 1 aromatic heterocycles. The summed E-state index contributed by atoms with van der Waals surface area (Å²) in [5.41, 5.74) is 2.53. The number of pyridine rings is 1. The summed E-state index contributed by atoms with van der Waals surface area (Å²) in [4.78, 5) is 4.52. The van der Waals surface area contributed by atoms with Crippen molar-refractivity contribution in [2.45, 2.75) is 45.6 Å². The zero-order valence-electron chi connectivity index (χ0n) is 13.2. The summed E-state index contributed by atoms with van der Waals surface area (Å²) in [5.74, 6) is 1.58. The van der Waals surface area contributed by atoms with E-state index in [1.54, 1.807) is 0 Å². The molecule has 1 aliphatic rings. The fourth-order valence-electron chi connectivity index (χ4n) is 3.76. The van der Waals surface area contributed by atoms with Crippen LogP contribution >= 0.6 is 0 Å². The first kappa shape index (κ1) is 14.5. The van der Waals surface area contributed by atoms with Gasteiger partial charge in [-0.25, -0.2) is 0 Å². The lowest BCUT2D eigenvalue weighted by Crippen LogP contribution is -2.30. The summed E-state index contributed by atoms with van der Waals surface area (Å²) in [5, 5.41) is 5.03. The Morgan fingerprint density at radius 3 is 2.95 bits per heavy atom. The summed E-state index contributed by atoms with van der Waals surface area (Å²) in [7, 11) is 0. The van der Waals surface area contributed by atoms with Gasteiger partial charge in [0.25, 0.3) is 0 Å². The highest BCUT2D eigenvalue weighted by Gasteiger charge is 2.31. The Morgan fingerprint density at radius 2 is 2.19 bits per heavy atom. The molecule has 1 heterocycles. The van der Waals surface area contributed by atoms with E-state index in [4.69, 9.17) is 0 Å². The van der Waals surface area contributed by atoms with Crippen molar-refractivity contribution in [3.8, 4) is 0 Å². The van der Waals surface area contributed by atoms with Gasteiger partial charge >= 0.3 is 0 Å². The number of rotatable bonds is 5. The van der Waals surface area contributed by atoms with Crippen molar-refractivity contribution in [3.63, 3.8) is 0 Å². The summed E-state index contributed by atoms with van der Waals surface area (Å²) >= 11 is 0. The molecule has 0 aliphatic heterocycles. The van der Waals surface area contributed by atoms with Crippen molar-refractivity contribution in [2.24, 2.45) is 11.8 Å². The number of hydrogen-bond donors (Lipinski definition) is 1. The van der Waals surface area contributed by atoms with E-state index in [1.165, 1.54) is 36.6 Å². The smallest absolute Gasteiger partial charge is 0.0705 e. The van der Waals surface area contributed by atoms with Crippen LogP contribution in [0, 0.1) is 11.8 Å². The fraction of sp³-hybridized carbons (Fsp3) is 0.526. The topological polar surface area (TPSA) is 24.9 Å². The van der Waals surface area contributed by atoms with E-state index in [-0.39, 0.29) is 0 Å². The largest absolute Gasteiger partial charge is 0.310 e. The highest BCUT2D eigenvalue weighted by Crippen LogP contribution is 2.40. The first-order valence-corrected chi connectivity index (χ1v) is 8.37. The van der Waals surface area contributed by atoms with E-state index in [9.17, 15) is 0 Å². The molecule has 2 heteroatoms. The molecule has 3 atom stereocenters. The van der Waals surface area contributed by atoms with Crippen molar-refractivity contribution < 1.29 is 0 Å². The Balaban J connectivity index is 1.92. The van der Waals surface area contributed by atoms with Crippen molar-refractivity contribution in [2.75, 3.05) is 6.54 Å². The predicted molar refractivity (Wildman–Crippen MR) is 89.3 cm³/mol. The van der Waals surface area contributed by atoms with Crippen LogP contribution in [-0.2, 0) is 0 Å². The van der Waals surface area contributed by atoms with Gasteiger partial charge in [-0.15, -0.1) is 0 Å². The molecule has 0 radical (unpaired) electrons. The van der Waals surface area contributed by atoms with Gasteiger partial charge in [0.2, 0.25) is 0 Å². The minimum Gasteiger partial charge on any atom is -0.310 e. The van der Waals surface area contributed by atoms with E-state index in [2.05, 4.69) is 48.4 Å². The van der Waals surface area contributed by atoms with Crippen LogP contribution < -0.4 is 5.32 Å². The molecule has 1 saturated carbocycles. The van der Waals surface area contributed by atoms with Crippen LogP contribution in [0.25, 0.3) is 10.9 Å². The highest BCUT2D eigenvalue weighted by atomic mass is 14.9. The quantitative estimate of drug-likeness (QED) is 0.859. The molecule has 112 valence electrons. The summed E-state index contributed by atoms with van der Waals surface area (Å²) < 4.78 is 0. The maximum absolute atomic E-state index is 4.52. The molecule has 1 N–H and O–H groups in total. The van der Waals surface area contributed by atoms with Crippen LogP contribution in [0.2, 0.25) is 0 Å². The Kier molecular flexibility index (Phi) is 4.54. The molecule has 2 nitrogen and oxygen atoms in total. The Hall–Kier alpha value is -1.41. The van der Waals surface area contributed by atoms with Gasteiger partial charge in [-0.1, -0.05) is 44.9 Å². The summed E-state index contributed by atoms with van der Waals surface area (Å²) in [6, 6.07) is 11.4. The Labute approximate surface area is 128 Å². The number of hydrogen-bond acceptors (Lipinski definition) is 2. The standard InChI is InChI=1S/C19H26N2/c1-3-11-21-19(17-8-4-6-14(17)2)16-10-9-15-7-5-12-20-18(15)13-16/h5,7,9-10,12-14,17,19,21H,3-4,6,8,11H2,1-2H3. The third kappa shape index (κ3) is 3.11. The normalized spacial score (nSPS) is 23.5. The van der Waals surface area contributed by atoms with Gasteiger partial charge in [0, 0.05) is 17.6 Å². The van der Waals surface area contributed by atoms with E-state index in [1.807, 2.05) is 12.3 Å². The fourth-order valence-corrected chi connectivity index (χ4v) is 3.76. The number of nitrogens with zero attached hydrogens (tertiary/aromatic N) is 1. The lowest BCUT2D eigenvalue weighted by atomic mass is 9.85. The zero-order chi connectivity index (χ0) is 14.7. The molecular weight excluding hydrogens is 256 g/mol. The third-order valence-electron chi connectivity index (χ3n) is 4.96. The first-order valence-electron chi connectivity index (χ1n) is 8.37. The Morgan fingerprint density at radius 1 is 1.29 bits per heavy atom. The van der Waals surface area contributed by atoms with Crippen molar-refractivity contribution in [3.05, 3.63) is 42.1 Å². The lowest BCUT2D eigenvalue weighted by molar-refractivity contribution is 0.302. The molecule has 3 unspecified atom stereocenters. The maximum Gasteiger partial charge on any atom is 0.0705 e. The van der Waals surface area contributed by atoms with Gasteiger partial charge in [-0.3, -0.25) is 4.98 Å². The van der Waals surface area contributed by atoms with Gasteiger partial charge in [-0.05, 0) is 48.9 Å². The second-order valence-electron chi connectivity index (χ2n) is 6.46. The molecule has 1 fully saturated rings. The van der Waals surface area contributed by atoms with Gasteiger partial charge in [0.1, 0.15) is 0 Å². The lowest BCUT2D eigenvalue weighted by Gasteiger charge is -2.28. The van der Waals surface area contributed by atoms with Gasteiger partial charge in [0.15, 0.2) is 0 Å². The van der Waals surface area contributed by atoms with E-state index in [0.29, 0.717) is 6.04 Å².